The minimum absolute atomic E-state index is 0.0434. The van der Waals surface area contributed by atoms with E-state index in [9.17, 15) is 30.2 Å². The van der Waals surface area contributed by atoms with Crippen LogP contribution in [-0.2, 0) is 9.53 Å². The van der Waals surface area contributed by atoms with Crippen molar-refractivity contribution in [1.29, 1.82) is 5.26 Å². The maximum Gasteiger partial charge on any atom is 0.315 e. The summed E-state index contributed by atoms with van der Waals surface area (Å²) in [5.74, 6) is -3.49. The number of nitro groups is 1. The lowest BCUT2D eigenvalue weighted by Gasteiger charge is -2.26. The number of amides is 1. The van der Waals surface area contributed by atoms with E-state index in [0.29, 0.717) is 19.6 Å². The number of rotatable bonds is 3. The summed E-state index contributed by atoms with van der Waals surface area (Å²) in [6.45, 7) is 0.760. The molecule has 0 radical (unpaired) electrons. The number of hydrogen-bond acceptors (Lipinski definition) is 8. The molecule has 10 heteroatoms. The fourth-order valence-corrected chi connectivity index (χ4v) is 2.14. The van der Waals surface area contributed by atoms with Gasteiger partial charge in [-0.25, -0.2) is 0 Å². The predicted octanol–water partition coefficient (Wildman–Crippen LogP) is 1.01. The third kappa shape index (κ3) is 3.21. The number of hydrogen-bond donors (Lipinski definition) is 3. The monoisotopic (exact) mass is 335 g/mol. The Morgan fingerprint density at radius 1 is 1.42 bits per heavy atom. The molecule has 10 nitrogen and oxygen atoms in total. The molecule has 0 atom stereocenters. The van der Waals surface area contributed by atoms with Crippen molar-refractivity contribution in [3.8, 4) is 17.6 Å². The molecule has 0 aliphatic carbocycles. The number of nitro benzene ring substituents is 1. The van der Waals surface area contributed by atoms with Gasteiger partial charge in [-0.1, -0.05) is 0 Å². The van der Waals surface area contributed by atoms with E-state index in [4.69, 9.17) is 10.00 Å². The Morgan fingerprint density at radius 2 is 2.12 bits per heavy atom. The molecule has 2 rings (SSSR count). The minimum atomic E-state index is -0.981. The molecular weight excluding hydrogens is 322 g/mol. The summed E-state index contributed by atoms with van der Waals surface area (Å²) in [4.78, 5) is 23.4. The normalized spacial score (nSPS) is 15.4. The zero-order valence-electron chi connectivity index (χ0n) is 12.3. The topological polar surface area (TPSA) is 157 Å². The molecule has 1 aliphatic heterocycles. The zero-order valence-corrected chi connectivity index (χ0v) is 12.3. The van der Waals surface area contributed by atoms with Gasteiger partial charge in [0.05, 0.1) is 11.5 Å². The highest BCUT2D eigenvalue weighted by molar-refractivity contribution is 6.03. The third-order valence-electron chi connectivity index (χ3n) is 3.35. The molecule has 126 valence electrons. The molecular formula is C14H13N3O7. The molecule has 3 N–H and O–H groups in total. The van der Waals surface area contributed by atoms with Gasteiger partial charge in [-0.15, -0.1) is 0 Å². The summed E-state index contributed by atoms with van der Waals surface area (Å²) < 4.78 is 5.10. The minimum Gasteiger partial charge on any atom is -0.506 e. The number of carbonyl (C=O) groups is 1. The van der Waals surface area contributed by atoms with Crippen molar-refractivity contribution in [2.75, 3.05) is 19.9 Å². The number of aliphatic hydroxyl groups is 1. The molecule has 1 aromatic carbocycles. The van der Waals surface area contributed by atoms with Gasteiger partial charge in [0, 0.05) is 18.2 Å². The number of aliphatic hydroxyl groups excluding tert-OH is 1. The zero-order chi connectivity index (χ0) is 17.9. The summed E-state index contributed by atoms with van der Waals surface area (Å²) in [6.07, 6.45) is 0.566. The van der Waals surface area contributed by atoms with Crippen LogP contribution in [0.2, 0.25) is 0 Å². The summed E-state index contributed by atoms with van der Waals surface area (Å²) in [5.41, 5.74) is -1.87. The van der Waals surface area contributed by atoms with Crippen LogP contribution in [0.25, 0.3) is 5.76 Å². The van der Waals surface area contributed by atoms with Crippen LogP contribution < -0.4 is 0 Å². The molecule has 1 aliphatic rings. The van der Waals surface area contributed by atoms with E-state index in [1.807, 2.05) is 0 Å². The molecule has 0 unspecified atom stereocenters. The summed E-state index contributed by atoms with van der Waals surface area (Å²) in [6, 6.07) is 3.12. The Hall–Kier alpha value is -3.32. The Morgan fingerprint density at radius 3 is 2.67 bits per heavy atom. The Bertz CT molecular complexity index is 760. The van der Waals surface area contributed by atoms with Gasteiger partial charge < -0.3 is 25.0 Å². The molecule has 0 spiro atoms. The molecule has 1 aromatic rings. The fraction of sp³-hybridized carbons (Fsp3) is 0.286. The van der Waals surface area contributed by atoms with Gasteiger partial charge in [-0.05, 0) is 12.5 Å². The lowest BCUT2D eigenvalue weighted by molar-refractivity contribution is -0.386. The molecule has 1 fully saturated rings. The van der Waals surface area contributed by atoms with E-state index in [-0.39, 0.29) is 12.3 Å². The summed E-state index contributed by atoms with van der Waals surface area (Å²) in [7, 11) is 0. The third-order valence-corrected chi connectivity index (χ3v) is 3.35. The van der Waals surface area contributed by atoms with E-state index in [1.165, 1.54) is 4.90 Å². The largest absolute Gasteiger partial charge is 0.506 e. The molecule has 1 heterocycles. The van der Waals surface area contributed by atoms with Crippen LogP contribution in [0, 0.1) is 21.4 Å². The van der Waals surface area contributed by atoms with Gasteiger partial charge >= 0.3 is 5.69 Å². The standard InChI is InChI=1S/C14H13N3O7/c15-6-9(14(21)16-2-1-3-24-7-16)12(19)8-4-10(17(22)23)13(20)11(18)5-8/h4-5,18-20H,1-3,7H2/b12-9-. The van der Waals surface area contributed by atoms with Crippen LogP contribution in [0.3, 0.4) is 0 Å². The van der Waals surface area contributed by atoms with Crippen molar-refractivity contribution in [3.05, 3.63) is 33.4 Å². The summed E-state index contributed by atoms with van der Waals surface area (Å²) >= 11 is 0. The molecule has 1 saturated heterocycles. The van der Waals surface area contributed by atoms with Gasteiger partial charge in [0.2, 0.25) is 5.75 Å². The number of nitriles is 1. The van der Waals surface area contributed by atoms with Gasteiger partial charge in [-0.2, -0.15) is 5.26 Å². The lowest BCUT2D eigenvalue weighted by Crippen LogP contribution is -2.39. The van der Waals surface area contributed by atoms with Gasteiger partial charge in [0.15, 0.2) is 11.3 Å². The van der Waals surface area contributed by atoms with Crippen molar-refractivity contribution >= 4 is 17.4 Å². The quantitative estimate of drug-likeness (QED) is 0.184. The van der Waals surface area contributed by atoms with Gasteiger partial charge in [0.1, 0.15) is 18.6 Å². The van der Waals surface area contributed by atoms with E-state index >= 15 is 0 Å². The molecule has 0 saturated carbocycles. The smallest absolute Gasteiger partial charge is 0.315 e. The van der Waals surface area contributed by atoms with E-state index in [2.05, 4.69) is 0 Å². The molecule has 0 aromatic heterocycles. The average Bonchev–Trinajstić information content (AvgIpc) is 2.58. The highest BCUT2D eigenvalue weighted by atomic mass is 16.6. The number of benzene rings is 1. The Labute approximate surface area is 135 Å². The number of phenolic OH excluding ortho intramolecular Hbond substituents is 2. The van der Waals surface area contributed by atoms with Crippen molar-refractivity contribution < 1.29 is 29.8 Å². The Kier molecular flexibility index (Phi) is 4.86. The van der Waals surface area contributed by atoms with Crippen LogP contribution >= 0.6 is 0 Å². The van der Waals surface area contributed by atoms with Gasteiger partial charge in [-0.3, -0.25) is 14.9 Å². The predicted molar refractivity (Wildman–Crippen MR) is 78.7 cm³/mol. The lowest BCUT2D eigenvalue weighted by atomic mass is 10.1. The Balaban J connectivity index is 2.48. The van der Waals surface area contributed by atoms with Crippen LogP contribution in [-0.4, -0.2) is 50.9 Å². The van der Waals surface area contributed by atoms with E-state index < -0.39 is 39.3 Å². The van der Waals surface area contributed by atoms with E-state index in [0.717, 1.165) is 12.1 Å². The first kappa shape index (κ1) is 17.0. The first-order valence-electron chi connectivity index (χ1n) is 6.78. The van der Waals surface area contributed by atoms with Crippen LogP contribution in [0.1, 0.15) is 12.0 Å². The molecule has 0 bridgehead atoms. The van der Waals surface area contributed by atoms with Crippen LogP contribution in [0.4, 0.5) is 5.69 Å². The van der Waals surface area contributed by atoms with Crippen LogP contribution in [0.5, 0.6) is 11.5 Å². The second kappa shape index (κ2) is 6.84. The van der Waals surface area contributed by atoms with Crippen molar-refractivity contribution in [2.24, 2.45) is 0 Å². The first-order chi connectivity index (χ1) is 11.4. The second-order valence-electron chi connectivity index (χ2n) is 4.92. The number of aromatic hydroxyl groups is 2. The maximum absolute atomic E-state index is 12.3. The van der Waals surface area contributed by atoms with Crippen molar-refractivity contribution in [3.63, 3.8) is 0 Å². The summed E-state index contributed by atoms with van der Waals surface area (Å²) in [5, 5.41) is 49.1. The highest BCUT2D eigenvalue weighted by Crippen LogP contribution is 2.38. The second-order valence-corrected chi connectivity index (χ2v) is 4.92. The van der Waals surface area contributed by atoms with Crippen molar-refractivity contribution in [2.45, 2.75) is 6.42 Å². The van der Waals surface area contributed by atoms with Crippen LogP contribution in [0.15, 0.2) is 17.7 Å². The number of ether oxygens (including phenoxy) is 1. The molecule has 1 amide bonds. The first-order valence-corrected chi connectivity index (χ1v) is 6.78. The van der Waals surface area contributed by atoms with E-state index in [1.54, 1.807) is 6.07 Å². The fourth-order valence-electron chi connectivity index (χ4n) is 2.14. The number of nitrogens with zero attached hydrogens (tertiary/aromatic N) is 3. The maximum atomic E-state index is 12.3. The number of carbonyl (C=O) groups excluding carboxylic acids is 1. The highest BCUT2D eigenvalue weighted by Gasteiger charge is 2.27. The SMILES string of the molecule is N#C/C(C(=O)N1CCCOC1)=C(/O)c1cc(O)c(O)c([N+](=O)[O-])c1. The van der Waals surface area contributed by atoms with Gasteiger partial charge in [0.25, 0.3) is 5.91 Å². The molecule has 24 heavy (non-hydrogen) atoms. The van der Waals surface area contributed by atoms with Crippen molar-refractivity contribution in [1.82, 2.24) is 4.90 Å². The average molecular weight is 335 g/mol. The number of phenols is 2.